The van der Waals surface area contributed by atoms with Crippen LogP contribution in [-0.2, 0) is 9.59 Å². The molecule has 7 nitrogen and oxygen atoms in total. The number of carbonyl (C=O) groups excluding carboxylic acids is 2. The van der Waals surface area contributed by atoms with Crippen molar-refractivity contribution in [2.24, 2.45) is 11.3 Å². The van der Waals surface area contributed by atoms with Crippen molar-refractivity contribution >= 4 is 17.9 Å². The van der Waals surface area contributed by atoms with Crippen LogP contribution in [0.5, 0.6) is 0 Å². The lowest BCUT2D eigenvalue weighted by Crippen LogP contribution is -2.43. The predicted octanol–water partition coefficient (Wildman–Crippen LogP) is 0.655. The molecule has 0 saturated carbocycles. The molecule has 1 fully saturated rings. The normalized spacial score (nSPS) is 19.3. The summed E-state index contributed by atoms with van der Waals surface area (Å²) in [6, 6.07) is -0.559. The molecule has 1 aliphatic rings. The lowest BCUT2D eigenvalue weighted by molar-refractivity contribution is -0.149. The second kappa shape index (κ2) is 7.40. The maximum Gasteiger partial charge on any atom is 0.321 e. The molecular weight excluding hydrogens is 274 g/mol. The standard InChI is InChI=1S/C14H25N3O4/c1-4-17-6-5-10(9-17)8-15-13(21)16-11(18)7-14(2,3)12(19)20/h10H,4-9H2,1-3H3,(H,19,20)(H2,15,16,18,21). The summed E-state index contributed by atoms with van der Waals surface area (Å²) < 4.78 is 0. The number of urea groups is 1. The molecule has 21 heavy (non-hydrogen) atoms. The molecule has 120 valence electrons. The van der Waals surface area contributed by atoms with Crippen molar-refractivity contribution in [2.45, 2.75) is 33.6 Å². The van der Waals surface area contributed by atoms with Gasteiger partial charge in [0.05, 0.1) is 5.41 Å². The molecule has 0 radical (unpaired) electrons. The number of carboxylic acids is 1. The van der Waals surface area contributed by atoms with Crippen LogP contribution in [-0.4, -0.2) is 54.1 Å². The first-order valence-electron chi connectivity index (χ1n) is 7.28. The number of nitrogens with one attached hydrogen (secondary N) is 2. The van der Waals surface area contributed by atoms with Crippen LogP contribution in [0.15, 0.2) is 0 Å². The van der Waals surface area contributed by atoms with Gasteiger partial charge in [-0.3, -0.25) is 14.9 Å². The number of amides is 3. The summed E-state index contributed by atoms with van der Waals surface area (Å²) in [5.74, 6) is -1.24. The molecule has 0 aliphatic carbocycles. The molecule has 1 saturated heterocycles. The molecule has 0 aromatic rings. The van der Waals surface area contributed by atoms with Crippen LogP contribution in [0.2, 0.25) is 0 Å². The maximum absolute atomic E-state index is 11.6. The minimum atomic E-state index is -1.18. The van der Waals surface area contributed by atoms with Gasteiger partial charge in [-0.2, -0.15) is 0 Å². The van der Waals surface area contributed by atoms with E-state index < -0.39 is 23.3 Å². The number of likely N-dealkylation sites (tertiary alicyclic amines) is 1. The second-order valence-electron chi connectivity index (χ2n) is 6.17. The van der Waals surface area contributed by atoms with E-state index in [4.69, 9.17) is 5.11 Å². The summed E-state index contributed by atoms with van der Waals surface area (Å²) in [5, 5.41) is 13.8. The van der Waals surface area contributed by atoms with E-state index in [2.05, 4.69) is 22.5 Å². The van der Waals surface area contributed by atoms with Crippen molar-refractivity contribution < 1.29 is 19.5 Å². The average molecular weight is 299 g/mol. The zero-order valence-electron chi connectivity index (χ0n) is 12.9. The van der Waals surface area contributed by atoms with Crippen LogP contribution >= 0.6 is 0 Å². The van der Waals surface area contributed by atoms with Crippen molar-refractivity contribution in [3.05, 3.63) is 0 Å². The molecule has 1 heterocycles. The summed E-state index contributed by atoms with van der Waals surface area (Å²) in [7, 11) is 0. The van der Waals surface area contributed by atoms with Crippen LogP contribution in [0, 0.1) is 11.3 Å². The summed E-state index contributed by atoms with van der Waals surface area (Å²) in [6.45, 7) is 8.52. The number of aliphatic carboxylic acids is 1. The van der Waals surface area contributed by atoms with E-state index in [1.807, 2.05) is 0 Å². The van der Waals surface area contributed by atoms with Gasteiger partial charge in [0.1, 0.15) is 0 Å². The van der Waals surface area contributed by atoms with Crippen LogP contribution < -0.4 is 10.6 Å². The SMILES string of the molecule is CCN1CCC(CNC(=O)NC(=O)CC(C)(C)C(=O)O)C1. The van der Waals surface area contributed by atoms with Crippen molar-refractivity contribution in [3.8, 4) is 0 Å². The lowest BCUT2D eigenvalue weighted by atomic mass is 9.89. The first-order chi connectivity index (χ1) is 9.74. The molecule has 0 aromatic carbocycles. The number of imide groups is 1. The van der Waals surface area contributed by atoms with Crippen LogP contribution in [0.3, 0.4) is 0 Å². The Balaban J connectivity index is 2.28. The van der Waals surface area contributed by atoms with Gasteiger partial charge in [-0.1, -0.05) is 6.92 Å². The number of hydrogen-bond acceptors (Lipinski definition) is 4. The first kappa shape index (κ1) is 17.4. The Morgan fingerprint density at radius 3 is 2.52 bits per heavy atom. The molecule has 1 unspecified atom stereocenters. The van der Waals surface area contributed by atoms with Gasteiger partial charge in [0.2, 0.25) is 5.91 Å². The van der Waals surface area contributed by atoms with Gasteiger partial charge in [-0.15, -0.1) is 0 Å². The fourth-order valence-corrected chi connectivity index (χ4v) is 2.30. The highest BCUT2D eigenvalue weighted by molar-refractivity contribution is 5.96. The van der Waals surface area contributed by atoms with Gasteiger partial charge in [0, 0.05) is 19.5 Å². The van der Waals surface area contributed by atoms with Crippen molar-refractivity contribution in [1.29, 1.82) is 0 Å². The summed E-state index contributed by atoms with van der Waals surface area (Å²) in [4.78, 5) is 36.5. The third-order valence-electron chi connectivity index (χ3n) is 3.80. The monoisotopic (exact) mass is 299 g/mol. The van der Waals surface area contributed by atoms with Gasteiger partial charge in [0.25, 0.3) is 0 Å². The van der Waals surface area contributed by atoms with Gasteiger partial charge in [-0.25, -0.2) is 4.79 Å². The van der Waals surface area contributed by atoms with Crippen molar-refractivity contribution in [2.75, 3.05) is 26.2 Å². The van der Waals surface area contributed by atoms with E-state index in [1.165, 1.54) is 13.8 Å². The molecule has 0 bridgehead atoms. The summed E-state index contributed by atoms with van der Waals surface area (Å²) in [5.41, 5.74) is -1.18. The summed E-state index contributed by atoms with van der Waals surface area (Å²) in [6.07, 6.45) is 0.802. The average Bonchev–Trinajstić information content (AvgIpc) is 2.83. The van der Waals surface area contributed by atoms with Crippen LogP contribution in [0.25, 0.3) is 0 Å². The molecule has 7 heteroatoms. The maximum atomic E-state index is 11.6. The quantitative estimate of drug-likeness (QED) is 0.669. The molecule has 1 rings (SSSR count). The molecule has 1 atom stereocenters. The minimum Gasteiger partial charge on any atom is -0.481 e. The Labute approximate surface area is 125 Å². The smallest absolute Gasteiger partial charge is 0.321 e. The Morgan fingerprint density at radius 1 is 1.33 bits per heavy atom. The second-order valence-corrected chi connectivity index (χ2v) is 6.17. The predicted molar refractivity (Wildman–Crippen MR) is 77.8 cm³/mol. The largest absolute Gasteiger partial charge is 0.481 e. The highest BCUT2D eigenvalue weighted by Gasteiger charge is 2.30. The molecular formula is C14H25N3O4. The van der Waals surface area contributed by atoms with Gasteiger partial charge >= 0.3 is 12.0 Å². The fourth-order valence-electron chi connectivity index (χ4n) is 2.30. The topological polar surface area (TPSA) is 98.7 Å². The highest BCUT2D eigenvalue weighted by atomic mass is 16.4. The van der Waals surface area contributed by atoms with Crippen molar-refractivity contribution in [1.82, 2.24) is 15.5 Å². The number of rotatable bonds is 6. The lowest BCUT2D eigenvalue weighted by Gasteiger charge is -2.18. The van der Waals surface area contributed by atoms with E-state index in [0.29, 0.717) is 12.5 Å². The number of nitrogens with zero attached hydrogens (tertiary/aromatic N) is 1. The number of carbonyl (C=O) groups is 3. The van der Waals surface area contributed by atoms with Gasteiger partial charge in [0.15, 0.2) is 0 Å². The first-order valence-corrected chi connectivity index (χ1v) is 7.28. The van der Waals surface area contributed by atoms with E-state index in [0.717, 1.165) is 26.1 Å². The van der Waals surface area contributed by atoms with E-state index in [9.17, 15) is 14.4 Å². The Morgan fingerprint density at radius 2 is 2.00 bits per heavy atom. The summed E-state index contributed by atoms with van der Waals surface area (Å²) >= 11 is 0. The Kier molecular flexibility index (Phi) is 6.14. The van der Waals surface area contributed by atoms with Crippen molar-refractivity contribution in [3.63, 3.8) is 0 Å². The molecule has 1 aliphatic heterocycles. The van der Waals surface area contributed by atoms with Gasteiger partial charge in [-0.05, 0) is 39.3 Å². The third kappa shape index (κ3) is 5.71. The molecule has 3 N–H and O–H groups in total. The molecule has 0 aromatic heterocycles. The highest BCUT2D eigenvalue weighted by Crippen LogP contribution is 2.20. The number of carboxylic acid groups (broad SMARTS) is 1. The van der Waals surface area contributed by atoms with Crippen LogP contribution in [0.4, 0.5) is 4.79 Å². The fraction of sp³-hybridized carbons (Fsp3) is 0.786. The Bertz CT molecular complexity index is 409. The molecule has 0 spiro atoms. The van der Waals surface area contributed by atoms with E-state index in [-0.39, 0.29) is 6.42 Å². The minimum absolute atomic E-state index is 0.233. The third-order valence-corrected chi connectivity index (χ3v) is 3.80. The Hall–Kier alpha value is -1.63. The molecule has 3 amide bonds. The zero-order valence-corrected chi connectivity index (χ0v) is 12.9. The van der Waals surface area contributed by atoms with E-state index in [1.54, 1.807) is 0 Å². The van der Waals surface area contributed by atoms with E-state index >= 15 is 0 Å². The van der Waals surface area contributed by atoms with Crippen LogP contribution in [0.1, 0.15) is 33.6 Å². The van der Waals surface area contributed by atoms with Gasteiger partial charge < -0.3 is 15.3 Å². The zero-order chi connectivity index (χ0) is 16.0. The number of hydrogen-bond donors (Lipinski definition) is 3.